The average molecular weight is 393 g/mol. The molecule has 9 nitrogen and oxygen atoms in total. The Morgan fingerprint density at radius 2 is 2.14 bits per heavy atom. The van der Waals surface area contributed by atoms with E-state index in [4.69, 9.17) is 4.74 Å². The van der Waals surface area contributed by atoms with Crippen LogP contribution in [0.1, 0.15) is 23.2 Å². The molecule has 0 radical (unpaired) electrons. The van der Waals surface area contributed by atoms with Crippen molar-refractivity contribution in [1.29, 1.82) is 0 Å². The van der Waals surface area contributed by atoms with Crippen LogP contribution in [0, 0.1) is 5.92 Å². The monoisotopic (exact) mass is 393 g/mol. The first-order valence-corrected chi connectivity index (χ1v) is 9.58. The zero-order chi connectivity index (χ0) is 20.1. The molecule has 1 saturated heterocycles. The normalized spacial score (nSPS) is 16.4. The van der Waals surface area contributed by atoms with Crippen molar-refractivity contribution in [2.75, 3.05) is 31.6 Å². The molecule has 1 fully saturated rings. The summed E-state index contributed by atoms with van der Waals surface area (Å²) in [6.07, 6.45) is 8.40. The number of hydrogen-bond acceptors (Lipinski definition) is 7. The molecule has 150 valence electrons. The summed E-state index contributed by atoms with van der Waals surface area (Å²) in [6.45, 7) is 2.28. The molecule has 9 heteroatoms. The standard InChI is InChI=1S/C20H23N7O2/c1-29-20-18(22-8-9-23-20)26-10-4-5-15(12-26)11-24-19(28)16-6-2-3-7-17(16)27-14-21-13-25-27/h2-3,6-9,13-15H,4-5,10-12H2,1H3,(H,24,28). The van der Waals surface area contributed by atoms with Crippen molar-refractivity contribution in [3.05, 3.63) is 54.9 Å². The SMILES string of the molecule is COc1nccnc1N1CCCC(CNC(=O)c2ccccc2-n2cncn2)C1. The van der Waals surface area contributed by atoms with Crippen molar-refractivity contribution in [1.82, 2.24) is 30.0 Å². The van der Waals surface area contributed by atoms with Gasteiger partial charge < -0.3 is 15.0 Å². The second kappa shape index (κ2) is 8.68. The summed E-state index contributed by atoms with van der Waals surface area (Å²) in [5.41, 5.74) is 1.28. The number of nitrogens with one attached hydrogen (secondary N) is 1. The number of piperidine rings is 1. The van der Waals surface area contributed by atoms with Crippen molar-refractivity contribution in [3.63, 3.8) is 0 Å². The Kier molecular flexibility index (Phi) is 5.64. The van der Waals surface area contributed by atoms with E-state index in [1.165, 1.54) is 6.33 Å². The summed E-state index contributed by atoms with van der Waals surface area (Å²) in [5, 5.41) is 7.21. The molecular formula is C20H23N7O2. The molecule has 0 saturated carbocycles. The highest BCUT2D eigenvalue weighted by atomic mass is 16.5. The molecule has 4 rings (SSSR count). The van der Waals surface area contributed by atoms with Crippen molar-refractivity contribution in [2.45, 2.75) is 12.8 Å². The second-order valence-corrected chi connectivity index (χ2v) is 6.91. The van der Waals surface area contributed by atoms with Crippen molar-refractivity contribution in [3.8, 4) is 11.6 Å². The Balaban J connectivity index is 1.41. The largest absolute Gasteiger partial charge is 0.478 e. The lowest BCUT2D eigenvalue weighted by Gasteiger charge is -2.33. The number of amides is 1. The fourth-order valence-electron chi connectivity index (χ4n) is 3.63. The number of carbonyl (C=O) groups excluding carboxylic acids is 1. The predicted octanol–water partition coefficient (Wildman–Crippen LogP) is 1.71. The quantitative estimate of drug-likeness (QED) is 0.681. The van der Waals surface area contributed by atoms with Gasteiger partial charge in [-0.05, 0) is 30.9 Å². The van der Waals surface area contributed by atoms with Crippen molar-refractivity contribution >= 4 is 11.7 Å². The molecule has 1 aliphatic heterocycles. The molecule has 1 atom stereocenters. The van der Waals surface area contributed by atoms with E-state index >= 15 is 0 Å². The number of ether oxygens (including phenoxy) is 1. The zero-order valence-electron chi connectivity index (χ0n) is 16.2. The lowest BCUT2D eigenvalue weighted by molar-refractivity contribution is 0.0945. The van der Waals surface area contributed by atoms with Crippen LogP contribution < -0.4 is 15.0 Å². The molecule has 29 heavy (non-hydrogen) atoms. The Morgan fingerprint density at radius 3 is 2.97 bits per heavy atom. The maximum absolute atomic E-state index is 12.8. The van der Waals surface area contributed by atoms with Gasteiger partial charge in [0.2, 0.25) is 0 Å². The third-order valence-electron chi connectivity index (χ3n) is 5.02. The van der Waals surface area contributed by atoms with Crippen LogP contribution in [0.3, 0.4) is 0 Å². The minimum absolute atomic E-state index is 0.120. The molecular weight excluding hydrogens is 370 g/mol. The maximum atomic E-state index is 12.8. The Labute approximate surface area is 168 Å². The zero-order valence-corrected chi connectivity index (χ0v) is 16.2. The molecule has 1 unspecified atom stereocenters. The smallest absolute Gasteiger partial charge is 0.257 e. The molecule has 1 N–H and O–H groups in total. The summed E-state index contributed by atoms with van der Waals surface area (Å²) in [5.74, 6) is 1.48. The van der Waals surface area contributed by atoms with Gasteiger partial charge in [0, 0.05) is 32.0 Å². The van der Waals surface area contributed by atoms with Crippen LogP contribution in [0.2, 0.25) is 0 Å². The summed E-state index contributed by atoms with van der Waals surface area (Å²) in [7, 11) is 1.60. The van der Waals surface area contributed by atoms with Gasteiger partial charge in [-0.15, -0.1) is 0 Å². The van der Waals surface area contributed by atoms with E-state index in [1.54, 1.807) is 36.6 Å². The van der Waals surface area contributed by atoms with Gasteiger partial charge >= 0.3 is 0 Å². The van der Waals surface area contributed by atoms with Crippen LogP contribution in [-0.4, -0.2) is 57.4 Å². The minimum Gasteiger partial charge on any atom is -0.478 e. The maximum Gasteiger partial charge on any atom is 0.257 e. The highest BCUT2D eigenvalue weighted by Crippen LogP contribution is 2.27. The van der Waals surface area contributed by atoms with Crippen LogP contribution in [0.4, 0.5) is 5.82 Å². The lowest BCUT2D eigenvalue weighted by Crippen LogP contribution is -2.41. The van der Waals surface area contributed by atoms with Crippen molar-refractivity contribution in [2.24, 2.45) is 5.92 Å². The third kappa shape index (κ3) is 4.18. The number of benzene rings is 1. The van der Waals surface area contributed by atoms with E-state index in [-0.39, 0.29) is 5.91 Å². The van der Waals surface area contributed by atoms with Gasteiger partial charge in [-0.25, -0.2) is 19.6 Å². The van der Waals surface area contributed by atoms with Gasteiger partial charge in [0.25, 0.3) is 11.8 Å². The molecule has 0 spiro atoms. The topological polar surface area (TPSA) is 98.1 Å². The predicted molar refractivity (Wildman–Crippen MR) is 107 cm³/mol. The van der Waals surface area contributed by atoms with Crippen LogP contribution in [0.25, 0.3) is 5.69 Å². The third-order valence-corrected chi connectivity index (χ3v) is 5.02. The van der Waals surface area contributed by atoms with Gasteiger partial charge in [-0.1, -0.05) is 12.1 Å². The number of nitrogens with zero attached hydrogens (tertiary/aromatic N) is 6. The van der Waals surface area contributed by atoms with Gasteiger partial charge in [-0.2, -0.15) is 5.10 Å². The molecule has 0 bridgehead atoms. The highest BCUT2D eigenvalue weighted by molar-refractivity contribution is 5.97. The fourth-order valence-corrected chi connectivity index (χ4v) is 3.63. The molecule has 3 aromatic rings. The van der Waals surface area contributed by atoms with E-state index in [0.717, 1.165) is 31.7 Å². The van der Waals surface area contributed by atoms with E-state index < -0.39 is 0 Å². The summed E-state index contributed by atoms with van der Waals surface area (Å²) >= 11 is 0. The molecule has 2 aromatic heterocycles. The molecule has 0 aliphatic carbocycles. The average Bonchev–Trinajstić information content (AvgIpc) is 3.32. The summed E-state index contributed by atoms with van der Waals surface area (Å²) in [6, 6.07) is 7.37. The number of rotatable bonds is 6. The molecule has 1 aliphatic rings. The van der Waals surface area contributed by atoms with Gasteiger partial charge in [-0.3, -0.25) is 4.79 Å². The number of hydrogen-bond donors (Lipinski definition) is 1. The van der Waals surface area contributed by atoms with E-state index in [0.29, 0.717) is 29.6 Å². The van der Waals surface area contributed by atoms with Gasteiger partial charge in [0.1, 0.15) is 12.7 Å². The first-order valence-electron chi connectivity index (χ1n) is 9.58. The molecule has 1 aromatic carbocycles. The van der Waals surface area contributed by atoms with Crippen LogP contribution in [0.5, 0.6) is 5.88 Å². The summed E-state index contributed by atoms with van der Waals surface area (Å²) < 4.78 is 6.93. The van der Waals surface area contributed by atoms with Crippen LogP contribution >= 0.6 is 0 Å². The minimum atomic E-state index is -0.120. The second-order valence-electron chi connectivity index (χ2n) is 6.91. The van der Waals surface area contributed by atoms with Gasteiger partial charge in [0.05, 0.1) is 18.4 Å². The van der Waals surface area contributed by atoms with Gasteiger partial charge in [0.15, 0.2) is 5.82 Å². The first kappa shape index (κ1) is 18.9. The number of aromatic nitrogens is 5. The van der Waals surface area contributed by atoms with E-state index in [9.17, 15) is 4.79 Å². The fraction of sp³-hybridized carbons (Fsp3) is 0.350. The lowest BCUT2D eigenvalue weighted by atomic mass is 9.98. The number of carbonyl (C=O) groups is 1. The van der Waals surface area contributed by atoms with Crippen molar-refractivity contribution < 1.29 is 9.53 Å². The Morgan fingerprint density at radius 1 is 1.28 bits per heavy atom. The Bertz CT molecular complexity index is 961. The van der Waals surface area contributed by atoms with E-state index in [2.05, 4.69) is 30.3 Å². The number of anilines is 1. The summed E-state index contributed by atoms with van der Waals surface area (Å²) in [4.78, 5) is 27.6. The highest BCUT2D eigenvalue weighted by Gasteiger charge is 2.24. The molecule has 1 amide bonds. The number of para-hydroxylation sites is 1. The molecule has 3 heterocycles. The number of methoxy groups -OCH3 is 1. The first-order chi connectivity index (χ1) is 14.3. The Hall–Kier alpha value is -3.49. The van der Waals surface area contributed by atoms with E-state index in [1.807, 2.05) is 18.2 Å². The van der Waals surface area contributed by atoms with Crippen LogP contribution in [-0.2, 0) is 0 Å². The van der Waals surface area contributed by atoms with Crippen LogP contribution in [0.15, 0.2) is 49.3 Å².